The van der Waals surface area contributed by atoms with Crippen molar-refractivity contribution in [2.24, 2.45) is 4.99 Å². The molecule has 0 spiro atoms. The summed E-state index contributed by atoms with van der Waals surface area (Å²) in [5.74, 6) is -0.524. The lowest BCUT2D eigenvalue weighted by atomic mass is 10.2. The number of rotatable bonds is 6. The molecule has 1 aromatic rings. The van der Waals surface area contributed by atoms with E-state index in [1.165, 1.54) is 11.8 Å². The van der Waals surface area contributed by atoms with E-state index in [9.17, 15) is 9.59 Å². The first kappa shape index (κ1) is 20.5. The number of thioether (sulfide) groups is 1. The molecule has 0 bridgehead atoms. The predicted molar refractivity (Wildman–Crippen MR) is 116 cm³/mol. The second-order valence-electron chi connectivity index (χ2n) is 4.91. The molecule has 1 N–H and O–H groups in total. The third-order valence-electron chi connectivity index (χ3n) is 3.16. The minimum absolute atomic E-state index is 0.0454. The van der Waals surface area contributed by atoms with Gasteiger partial charge < -0.3 is 9.84 Å². The molecule has 1 aliphatic rings. The van der Waals surface area contributed by atoms with Gasteiger partial charge in [0.1, 0.15) is 5.75 Å². The Morgan fingerprint density at radius 2 is 2.00 bits per heavy atom. The number of halogens is 2. The Hall–Kier alpha value is -0.820. The van der Waals surface area contributed by atoms with Crippen molar-refractivity contribution < 1.29 is 19.4 Å². The lowest BCUT2D eigenvalue weighted by Gasteiger charge is -2.11. The van der Waals surface area contributed by atoms with Crippen LogP contribution >= 0.6 is 56.9 Å². The fourth-order valence-electron chi connectivity index (χ4n) is 2.13. The number of carboxylic acids is 1. The number of amidine groups is 1. The summed E-state index contributed by atoms with van der Waals surface area (Å²) in [7, 11) is 0. The van der Waals surface area contributed by atoms with Gasteiger partial charge in [-0.2, -0.15) is 0 Å². The number of amides is 1. The second-order valence-corrected chi connectivity index (χ2v) is 8.25. The Morgan fingerprint density at radius 3 is 2.52 bits per heavy atom. The van der Waals surface area contributed by atoms with Crippen LogP contribution in [0, 0.1) is 7.14 Å². The van der Waals surface area contributed by atoms with Gasteiger partial charge in [0.2, 0.25) is 0 Å². The predicted octanol–water partition coefficient (Wildman–Crippen LogP) is 3.67. The number of aliphatic carboxylic acids is 1. The topological polar surface area (TPSA) is 79.2 Å². The summed E-state index contributed by atoms with van der Waals surface area (Å²) in [6, 6.07) is 3.73. The largest absolute Gasteiger partial charge is 0.480 e. The van der Waals surface area contributed by atoms with Crippen molar-refractivity contribution in [1.29, 1.82) is 0 Å². The number of hydrogen-bond acceptors (Lipinski definition) is 5. The van der Waals surface area contributed by atoms with Gasteiger partial charge >= 0.3 is 5.97 Å². The maximum absolute atomic E-state index is 12.5. The number of aliphatic imine (C=N–C) groups is 1. The summed E-state index contributed by atoms with van der Waals surface area (Å²) in [6.07, 6.45) is 1.83. The molecule has 1 aromatic carbocycles. The van der Waals surface area contributed by atoms with Crippen molar-refractivity contribution in [2.45, 2.75) is 13.8 Å². The smallest absolute Gasteiger partial charge is 0.341 e. The van der Waals surface area contributed by atoms with Crippen LogP contribution in [0.3, 0.4) is 0 Å². The van der Waals surface area contributed by atoms with Gasteiger partial charge in [0.25, 0.3) is 5.91 Å². The molecule has 0 saturated carbocycles. The SMILES string of the molecule is CCN=C1SC(=Cc2cc(I)c(OCC(=O)O)c(I)c2)C(=O)N1CC. The first-order valence-corrected chi connectivity index (χ1v) is 10.4. The maximum Gasteiger partial charge on any atom is 0.341 e. The van der Waals surface area contributed by atoms with Crippen molar-refractivity contribution in [3.8, 4) is 5.75 Å². The van der Waals surface area contributed by atoms with E-state index >= 15 is 0 Å². The standard InChI is InChI=1S/C16H16I2N2O4S/c1-3-19-16-20(4-2)15(23)12(25-16)7-9-5-10(17)14(11(18)6-9)24-8-13(21)22/h5-7H,3-4,8H2,1-2H3,(H,21,22). The molecule has 1 heterocycles. The summed E-state index contributed by atoms with van der Waals surface area (Å²) >= 11 is 5.58. The molecule has 0 radical (unpaired) electrons. The molecule has 134 valence electrons. The molecular weight excluding hydrogens is 570 g/mol. The van der Waals surface area contributed by atoms with Gasteiger partial charge in [0.05, 0.1) is 12.0 Å². The third kappa shape index (κ3) is 5.09. The Bertz CT molecular complexity index is 741. The zero-order valence-electron chi connectivity index (χ0n) is 13.6. The lowest BCUT2D eigenvalue weighted by molar-refractivity contribution is -0.139. The van der Waals surface area contributed by atoms with Crippen LogP contribution in [0.2, 0.25) is 0 Å². The quantitative estimate of drug-likeness (QED) is 0.407. The third-order valence-corrected chi connectivity index (χ3v) is 5.80. The minimum atomic E-state index is -1.02. The molecule has 1 saturated heterocycles. The van der Waals surface area contributed by atoms with E-state index in [2.05, 4.69) is 50.2 Å². The van der Waals surface area contributed by atoms with Crippen LogP contribution < -0.4 is 4.74 Å². The van der Waals surface area contributed by atoms with Crippen LogP contribution in [0.1, 0.15) is 19.4 Å². The molecular formula is C16H16I2N2O4S. The number of carbonyl (C=O) groups is 2. The van der Waals surface area contributed by atoms with E-state index in [0.717, 1.165) is 17.9 Å². The molecule has 0 aliphatic carbocycles. The van der Waals surface area contributed by atoms with Crippen molar-refractivity contribution in [2.75, 3.05) is 19.7 Å². The first-order valence-electron chi connectivity index (χ1n) is 7.46. The number of carbonyl (C=O) groups excluding carboxylic acids is 1. The number of benzene rings is 1. The van der Waals surface area contributed by atoms with Gasteiger partial charge in [-0.1, -0.05) is 0 Å². The Kier molecular flexibility index (Phi) is 7.55. The van der Waals surface area contributed by atoms with E-state index in [4.69, 9.17) is 9.84 Å². The van der Waals surface area contributed by atoms with Crippen molar-refractivity contribution in [3.63, 3.8) is 0 Å². The van der Waals surface area contributed by atoms with Gasteiger partial charge in [-0.25, -0.2) is 4.79 Å². The van der Waals surface area contributed by atoms with E-state index in [-0.39, 0.29) is 12.5 Å². The summed E-state index contributed by atoms with van der Waals surface area (Å²) < 4.78 is 6.91. The molecule has 6 nitrogen and oxygen atoms in total. The number of carboxylic acid groups (broad SMARTS) is 1. The van der Waals surface area contributed by atoms with Crippen LogP contribution in [-0.4, -0.2) is 46.7 Å². The highest BCUT2D eigenvalue weighted by molar-refractivity contribution is 14.1. The van der Waals surface area contributed by atoms with Crippen molar-refractivity contribution >= 4 is 80.1 Å². The van der Waals surface area contributed by atoms with Gasteiger partial charge in [-0.15, -0.1) is 0 Å². The van der Waals surface area contributed by atoms with Gasteiger partial charge in [0.15, 0.2) is 11.8 Å². The van der Waals surface area contributed by atoms with Crippen LogP contribution in [0.25, 0.3) is 6.08 Å². The van der Waals surface area contributed by atoms with Crippen molar-refractivity contribution in [3.05, 3.63) is 29.7 Å². The average Bonchev–Trinajstić information content (AvgIpc) is 2.81. The monoisotopic (exact) mass is 586 g/mol. The first-order chi connectivity index (χ1) is 11.9. The molecule has 1 fully saturated rings. The Morgan fingerprint density at radius 1 is 1.36 bits per heavy atom. The Balaban J connectivity index is 2.31. The molecule has 2 rings (SSSR count). The molecule has 9 heteroatoms. The zero-order chi connectivity index (χ0) is 18.6. The van der Waals surface area contributed by atoms with Crippen LogP contribution in [0.5, 0.6) is 5.75 Å². The van der Waals surface area contributed by atoms with E-state index in [1.54, 1.807) is 4.90 Å². The maximum atomic E-state index is 12.5. The normalized spacial score (nSPS) is 17.6. The van der Waals surface area contributed by atoms with E-state index in [0.29, 0.717) is 23.7 Å². The van der Waals surface area contributed by atoms with Crippen molar-refractivity contribution in [1.82, 2.24) is 4.90 Å². The molecule has 1 amide bonds. The molecule has 0 unspecified atom stereocenters. The second kappa shape index (κ2) is 9.21. The Labute approximate surface area is 177 Å². The van der Waals surface area contributed by atoms with Crippen LogP contribution in [0.4, 0.5) is 0 Å². The highest BCUT2D eigenvalue weighted by Crippen LogP contribution is 2.34. The van der Waals surface area contributed by atoms with E-state index in [1.807, 2.05) is 32.1 Å². The minimum Gasteiger partial charge on any atom is -0.480 e. The molecule has 25 heavy (non-hydrogen) atoms. The van der Waals surface area contributed by atoms with Crippen LogP contribution in [0.15, 0.2) is 22.0 Å². The molecule has 0 aromatic heterocycles. The lowest BCUT2D eigenvalue weighted by Crippen LogP contribution is -2.28. The number of ether oxygens (including phenoxy) is 1. The highest BCUT2D eigenvalue weighted by Gasteiger charge is 2.31. The van der Waals surface area contributed by atoms with Gasteiger partial charge in [-0.05, 0) is 94.6 Å². The highest BCUT2D eigenvalue weighted by atomic mass is 127. The average molecular weight is 586 g/mol. The van der Waals surface area contributed by atoms with Crippen LogP contribution in [-0.2, 0) is 9.59 Å². The molecule has 1 aliphatic heterocycles. The summed E-state index contributed by atoms with van der Waals surface area (Å²) in [5, 5.41) is 9.48. The summed E-state index contributed by atoms with van der Waals surface area (Å²) in [6.45, 7) is 4.69. The van der Waals surface area contributed by atoms with E-state index < -0.39 is 5.97 Å². The summed E-state index contributed by atoms with van der Waals surface area (Å²) in [5.41, 5.74) is 0.862. The van der Waals surface area contributed by atoms with Gasteiger partial charge in [-0.3, -0.25) is 14.7 Å². The number of nitrogens with zero attached hydrogens (tertiary/aromatic N) is 2. The summed E-state index contributed by atoms with van der Waals surface area (Å²) in [4.78, 5) is 29.8. The molecule has 0 atom stereocenters. The number of likely N-dealkylation sites (N-methyl/N-ethyl adjacent to an activating group) is 1. The van der Waals surface area contributed by atoms with Gasteiger partial charge in [0, 0.05) is 13.1 Å². The fourth-order valence-corrected chi connectivity index (χ4v) is 5.36. The fraction of sp³-hybridized carbons (Fsp3) is 0.312. The number of hydrogen-bond donors (Lipinski definition) is 1. The zero-order valence-corrected chi connectivity index (χ0v) is 18.7.